The van der Waals surface area contributed by atoms with Gasteiger partial charge in [0.05, 0.1) is 12.2 Å². The molecule has 0 N–H and O–H groups in total. The quantitative estimate of drug-likeness (QED) is 0.234. The van der Waals surface area contributed by atoms with Crippen molar-refractivity contribution in [2.75, 3.05) is 6.61 Å². The van der Waals surface area contributed by atoms with E-state index in [1.807, 2.05) is 31.2 Å². The molecule has 0 spiro atoms. The second-order valence-corrected chi connectivity index (χ2v) is 14.5. The van der Waals surface area contributed by atoms with Gasteiger partial charge in [-0.1, -0.05) is 65.5 Å². The molecule has 3 fully saturated rings. The fourth-order valence-electron chi connectivity index (χ4n) is 9.83. The normalized spacial score (nSPS) is 36.4. The Labute approximate surface area is 238 Å². The highest BCUT2D eigenvalue weighted by molar-refractivity contribution is 5.89. The molecule has 5 rings (SSSR count). The number of fused-ring (bicyclic) bond motifs is 5. The molecule has 4 aliphatic rings. The third-order valence-corrected chi connectivity index (χ3v) is 11.9. The zero-order valence-corrected chi connectivity index (χ0v) is 25.6. The Kier molecular flexibility index (Phi) is 8.56. The molecule has 3 nitrogen and oxygen atoms in total. The van der Waals surface area contributed by atoms with Crippen LogP contribution in [0.3, 0.4) is 0 Å². The van der Waals surface area contributed by atoms with Crippen LogP contribution in [0.25, 0.3) is 0 Å². The molecular formula is C36H54O3. The van der Waals surface area contributed by atoms with Gasteiger partial charge in [-0.15, -0.1) is 0 Å². The van der Waals surface area contributed by atoms with E-state index in [0.717, 1.165) is 60.5 Å². The van der Waals surface area contributed by atoms with Gasteiger partial charge in [-0.2, -0.15) is 0 Å². The molecule has 1 aromatic carbocycles. The molecule has 0 bridgehead atoms. The molecular weight excluding hydrogens is 480 g/mol. The molecule has 0 heterocycles. The van der Waals surface area contributed by atoms with Crippen LogP contribution in [0.5, 0.6) is 5.75 Å². The maximum Gasteiger partial charge on any atom is 0.338 e. The average Bonchev–Trinajstić information content (AvgIpc) is 3.26. The van der Waals surface area contributed by atoms with Crippen molar-refractivity contribution in [3.8, 4) is 5.75 Å². The molecule has 216 valence electrons. The van der Waals surface area contributed by atoms with Crippen molar-refractivity contribution in [1.29, 1.82) is 0 Å². The van der Waals surface area contributed by atoms with Gasteiger partial charge >= 0.3 is 5.97 Å². The fourth-order valence-corrected chi connectivity index (χ4v) is 9.83. The van der Waals surface area contributed by atoms with E-state index in [2.05, 4.69) is 40.7 Å². The summed E-state index contributed by atoms with van der Waals surface area (Å²) in [6.07, 6.45) is 16.8. The smallest absolute Gasteiger partial charge is 0.338 e. The van der Waals surface area contributed by atoms with Crippen LogP contribution in [-0.4, -0.2) is 18.7 Å². The molecule has 3 saturated carbocycles. The summed E-state index contributed by atoms with van der Waals surface area (Å²) < 4.78 is 11.6. The third kappa shape index (κ3) is 5.58. The summed E-state index contributed by atoms with van der Waals surface area (Å²) in [6, 6.07) is 7.37. The summed E-state index contributed by atoms with van der Waals surface area (Å²) in [4.78, 5) is 12.9. The first-order valence-electron chi connectivity index (χ1n) is 16.3. The summed E-state index contributed by atoms with van der Waals surface area (Å²) in [5.74, 6) is 5.72. The van der Waals surface area contributed by atoms with Crippen LogP contribution >= 0.6 is 0 Å². The molecule has 8 atom stereocenters. The number of carbonyl (C=O) groups is 1. The molecule has 1 aromatic rings. The van der Waals surface area contributed by atoms with Crippen LogP contribution < -0.4 is 4.74 Å². The minimum absolute atomic E-state index is 0.00338. The number of hydrogen-bond donors (Lipinski definition) is 0. The lowest BCUT2D eigenvalue weighted by atomic mass is 9.47. The Morgan fingerprint density at radius 2 is 1.74 bits per heavy atom. The lowest BCUT2D eigenvalue weighted by Crippen LogP contribution is -2.51. The first-order chi connectivity index (χ1) is 18.7. The second kappa shape index (κ2) is 11.6. The van der Waals surface area contributed by atoms with Crippen LogP contribution in [0, 0.1) is 46.3 Å². The average molecular weight is 535 g/mol. The van der Waals surface area contributed by atoms with Crippen LogP contribution in [0.15, 0.2) is 35.9 Å². The first-order valence-corrected chi connectivity index (χ1v) is 16.3. The van der Waals surface area contributed by atoms with Gasteiger partial charge < -0.3 is 9.47 Å². The van der Waals surface area contributed by atoms with E-state index in [-0.39, 0.29) is 17.5 Å². The molecule has 0 unspecified atom stereocenters. The van der Waals surface area contributed by atoms with Gasteiger partial charge in [0.1, 0.15) is 11.9 Å². The lowest BCUT2D eigenvalue weighted by Gasteiger charge is -2.58. The van der Waals surface area contributed by atoms with Gasteiger partial charge in [0, 0.05) is 6.42 Å². The van der Waals surface area contributed by atoms with E-state index < -0.39 is 0 Å². The van der Waals surface area contributed by atoms with E-state index >= 15 is 0 Å². The van der Waals surface area contributed by atoms with E-state index in [1.54, 1.807) is 5.57 Å². The van der Waals surface area contributed by atoms with E-state index in [9.17, 15) is 4.79 Å². The van der Waals surface area contributed by atoms with Gasteiger partial charge in [0.2, 0.25) is 0 Å². The van der Waals surface area contributed by atoms with Gasteiger partial charge in [-0.05, 0) is 122 Å². The number of esters is 1. The van der Waals surface area contributed by atoms with E-state index in [0.29, 0.717) is 17.6 Å². The summed E-state index contributed by atoms with van der Waals surface area (Å²) in [6.45, 7) is 15.1. The van der Waals surface area contributed by atoms with Gasteiger partial charge in [-0.3, -0.25) is 0 Å². The van der Waals surface area contributed by atoms with Gasteiger partial charge in [0.25, 0.3) is 0 Å². The highest BCUT2D eigenvalue weighted by Crippen LogP contribution is 2.67. The largest absolute Gasteiger partial charge is 0.494 e. The standard InChI is InChI=1S/C36H54O3/c1-7-38-28-14-11-26(12-15-28)34(37)39-29-19-21-35(5)27(23-29)13-16-30-32-18-17-31(25(4)10-8-9-24(2)3)36(32,6)22-20-33(30)35/h11-15,24-25,29-33H,7-10,16-23H2,1-6H3/t25-,29-,30+,31-,32+,33+,35+,36-/m1/s1. The zero-order valence-electron chi connectivity index (χ0n) is 25.6. The predicted octanol–water partition coefficient (Wildman–Crippen LogP) is 9.65. The van der Waals surface area contributed by atoms with E-state index in [4.69, 9.17) is 9.47 Å². The predicted molar refractivity (Wildman–Crippen MR) is 160 cm³/mol. The summed E-state index contributed by atoms with van der Waals surface area (Å²) in [5, 5.41) is 0. The van der Waals surface area contributed by atoms with Gasteiger partial charge in [-0.25, -0.2) is 4.79 Å². The van der Waals surface area contributed by atoms with Crippen LogP contribution in [0.1, 0.15) is 123 Å². The Hall–Kier alpha value is -1.77. The van der Waals surface area contributed by atoms with Crippen molar-refractivity contribution in [2.45, 2.75) is 118 Å². The Morgan fingerprint density at radius 1 is 0.974 bits per heavy atom. The van der Waals surface area contributed by atoms with Crippen molar-refractivity contribution in [1.82, 2.24) is 0 Å². The Morgan fingerprint density at radius 3 is 2.46 bits per heavy atom. The second-order valence-electron chi connectivity index (χ2n) is 14.5. The van der Waals surface area contributed by atoms with Crippen molar-refractivity contribution >= 4 is 5.97 Å². The number of ether oxygens (including phenoxy) is 2. The minimum atomic E-state index is -0.200. The number of benzene rings is 1. The molecule has 0 saturated heterocycles. The lowest BCUT2D eigenvalue weighted by molar-refractivity contribution is -0.0594. The highest BCUT2D eigenvalue weighted by Gasteiger charge is 2.59. The van der Waals surface area contributed by atoms with E-state index in [1.165, 1.54) is 51.4 Å². The van der Waals surface area contributed by atoms with Crippen LogP contribution in [0.4, 0.5) is 0 Å². The SMILES string of the molecule is CCOc1ccc(C(=O)O[C@@H]2CC[C@@]3(C)C(=CC[C@H]4[C@@H]5CC[C@H]([C@H](C)CCCC(C)C)[C@@]5(C)CC[C@@H]43)C2)cc1. The summed E-state index contributed by atoms with van der Waals surface area (Å²) in [7, 11) is 0. The number of rotatable bonds is 9. The van der Waals surface area contributed by atoms with Crippen molar-refractivity contribution in [2.24, 2.45) is 46.3 Å². The Balaban J connectivity index is 1.22. The fraction of sp³-hybridized carbons (Fsp3) is 0.750. The zero-order chi connectivity index (χ0) is 27.8. The third-order valence-electron chi connectivity index (χ3n) is 11.9. The number of allylic oxidation sites excluding steroid dienone is 1. The summed E-state index contributed by atoms with van der Waals surface area (Å²) in [5.41, 5.74) is 3.02. The monoisotopic (exact) mass is 534 g/mol. The molecule has 0 radical (unpaired) electrons. The topological polar surface area (TPSA) is 35.5 Å². The van der Waals surface area contributed by atoms with Gasteiger partial charge in [0.15, 0.2) is 0 Å². The number of hydrogen-bond acceptors (Lipinski definition) is 3. The van der Waals surface area contributed by atoms with Crippen LogP contribution in [-0.2, 0) is 4.74 Å². The molecule has 0 aliphatic heterocycles. The molecule has 3 heteroatoms. The molecule has 4 aliphatic carbocycles. The maximum atomic E-state index is 12.9. The van der Waals surface area contributed by atoms with Crippen LogP contribution in [0.2, 0.25) is 0 Å². The molecule has 0 amide bonds. The summed E-state index contributed by atoms with van der Waals surface area (Å²) >= 11 is 0. The first kappa shape index (κ1) is 28.7. The highest BCUT2D eigenvalue weighted by atomic mass is 16.5. The van der Waals surface area contributed by atoms with Crippen molar-refractivity contribution in [3.05, 3.63) is 41.5 Å². The van der Waals surface area contributed by atoms with Crippen molar-refractivity contribution in [3.63, 3.8) is 0 Å². The minimum Gasteiger partial charge on any atom is -0.494 e. The van der Waals surface area contributed by atoms with Crippen molar-refractivity contribution < 1.29 is 14.3 Å². The molecule has 0 aromatic heterocycles. The Bertz CT molecular complexity index is 1020. The number of carbonyl (C=O) groups excluding carboxylic acids is 1. The maximum absolute atomic E-state index is 12.9. The molecule has 39 heavy (non-hydrogen) atoms.